The Bertz CT molecular complexity index is 1800. The summed E-state index contributed by atoms with van der Waals surface area (Å²) in [5.74, 6) is 0.359. The summed E-state index contributed by atoms with van der Waals surface area (Å²) < 4.78 is 3.72. The van der Waals surface area contributed by atoms with Gasteiger partial charge < -0.3 is 0 Å². The molecule has 0 radical (unpaired) electrons. The molecule has 34 heavy (non-hydrogen) atoms. The van der Waals surface area contributed by atoms with Gasteiger partial charge in [-0.15, -0.1) is 11.3 Å². The Labute approximate surface area is 201 Å². The maximum atomic E-state index is 14.0. The number of rotatable bonds is 3. The molecule has 0 fully saturated rings. The topological polar surface area (TPSA) is 39.1 Å². The van der Waals surface area contributed by atoms with E-state index >= 15 is 0 Å². The lowest BCUT2D eigenvalue weighted by atomic mass is 9.92. The van der Waals surface area contributed by atoms with E-state index in [1.54, 1.807) is 11.3 Å². The van der Waals surface area contributed by atoms with Crippen LogP contribution in [0.5, 0.6) is 0 Å². The minimum absolute atomic E-state index is 0.180. The third-order valence-corrected chi connectivity index (χ3v) is 8.09. The van der Waals surface area contributed by atoms with Crippen LogP contribution in [0.3, 0.4) is 0 Å². The Hall–Kier alpha value is -3.50. The zero-order valence-corrected chi connectivity index (χ0v) is 20.5. The average molecular weight is 464 g/mol. The third-order valence-electron chi connectivity index (χ3n) is 6.95. The highest BCUT2D eigenvalue weighted by molar-refractivity contribution is 7.25. The van der Waals surface area contributed by atoms with Crippen LogP contribution in [-0.2, 0) is 0 Å². The van der Waals surface area contributed by atoms with E-state index in [2.05, 4.69) is 39.8 Å². The first-order valence-corrected chi connectivity index (χ1v) is 12.6. The van der Waals surface area contributed by atoms with Crippen LogP contribution in [0, 0.1) is 0 Å². The summed E-state index contributed by atoms with van der Waals surface area (Å²) in [6, 6.07) is 22.3. The van der Waals surface area contributed by atoms with Gasteiger partial charge in [-0.05, 0) is 58.0 Å². The number of pyridine rings is 1. The van der Waals surface area contributed by atoms with Crippen molar-refractivity contribution in [2.24, 2.45) is 0 Å². The number of hydrogen-bond donors (Lipinski definition) is 0. The lowest BCUT2D eigenvalue weighted by Crippen LogP contribution is -2.33. The summed E-state index contributed by atoms with van der Waals surface area (Å²) in [7, 11) is 0. The molecule has 0 atom stereocenters. The number of nitrogens with zero attached hydrogens (tertiary/aromatic N) is 1. The Balaban J connectivity index is 1.84. The highest BCUT2D eigenvalue weighted by Gasteiger charge is 2.23. The molecule has 6 rings (SSSR count). The molecule has 4 aromatic carbocycles. The van der Waals surface area contributed by atoms with Gasteiger partial charge >= 0.3 is 0 Å². The van der Waals surface area contributed by atoms with Gasteiger partial charge in [-0.3, -0.25) is 9.59 Å². The summed E-state index contributed by atoms with van der Waals surface area (Å²) >= 11 is 1.70. The van der Waals surface area contributed by atoms with Crippen molar-refractivity contribution >= 4 is 53.1 Å². The molecule has 0 aliphatic heterocycles. The number of benzene rings is 4. The van der Waals surface area contributed by atoms with Crippen molar-refractivity contribution in [1.29, 1.82) is 0 Å². The summed E-state index contributed by atoms with van der Waals surface area (Å²) in [6.45, 7) is 8.43. The van der Waals surface area contributed by atoms with Gasteiger partial charge in [-0.25, -0.2) is 4.57 Å². The van der Waals surface area contributed by atoms with Gasteiger partial charge in [0.05, 0.1) is 5.69 Å². The monoisotopic (exact) mass is 463 g/mol. The van der Waals surface area contributed by atoms with Crippen molar-refractivity contribution in [2.75, 3.05) is 0 Å². The molecule has 0 aliphatic carbocycles. The lowest BCUT2D eigenvalue weighted by molar-refractivity contribution is 0.793. The molecule has 0 unspecified atom stereocenters. The third kappa shape index (κ3) is 2.82. The SMILES string of the molecule is CC(C)c1cccc(C(C)C)c1-n1c(=O)c2ccc3sc4ccccc4c4ccc(c1=O)c2c34. The summed E-state index contributed by atoms with van der Waals surface area (Å²) in [5.41, 5.74) is 2.32. The molecular formula is C30H25NO2S. The molecule has 168 valence electrons. The van der Waals surface area contributed by atoms with Gasteiger partial charge in [0.25, 0.3) is 11.1 Å². The van der Waals surface area contributed by atoms with Crippen molar-refractivity contribution in [3.63, 3.8) is 0 Å². The van der Waals surface area contributed by atoms with Crippen molar-refractivity contribution in [1.82, 2.24) is 4.57 Å². The van der Waals surface area contributed by atoms with Crippen LogP contribution in [0.15, 0.2) is 76.3 Å². The van der Waals surface area contributed by atoms with Crippen molar-refractivity contribution < 1.29 is 0 Å². The normalized spacial score (nSPS) is 12.3. The van der Waals surface area contributed by atoms with E-state index in [-0.39, 0.29) is 23.0 Å². The van der Waals surface area contributed by atoms with Crippen molar-refractivity contribution in [3.8, 4) is 5.69 Å². The predicted molar refractivity (Wildman–Crippen MR) is 146 cm³/mol. The fourth-order valence-corrected chi connectivity index (χ4v) is 6.45. The number of para-hydroxylation sites is 1. The van der Waals surface area contributed by atoms with Crippen LogP contribution in [-0.4, -0.2) is 4.57 Å². The van der Waals surface area contributed by atoms with Crippen LogP contribution >= 0.6 is 11.3 Å². The van der Waals surface area contributed by atoms with Crippen molar-refractivity contribution in [3.05, 3.63) is 98.6 Å². The fraction of sp³-hybridized carbons (Fsp3) is 0.200. The van der Waals surface area contributed by atoms with Gasteiger partial charge in [-0.2, -0.15) is 0 Å². The van der Waals surface area contributed by atoms with Gasteiger partial charge in [-0.1, -0.05) is 70.2 Å². The molecule has 0 amide bonds. The molecule has 0 bridgehead atoms. The molecule has 0 spiro atoms. The Kier molecular flexibility index (Phi) is 4.65. The van der Waals surface area contributed by atoms with Crippen LogP contribution in [0.25, 0.3) is 47.4 Å². The average Bonchev–Trinajstić information content (AvgIpc) is 2.83. The number of hydrogen-bond acceptors (Lipinski definition) is 3. The molecule has 0 N–H and O–H groups in total. The summed E-state index contributed by atoms with van der Waals surface area (Å²) in [4.78, 5) is 28.1. The lowest BCUT2D eigenvalue weighted by Gasteiger charge is -2.21. The van der Waals surface area contributed by atoms with E-state index in [1.165, 1.54) is 9.27 Å². The molecule has 0 aliphatic rings. The Morgan fingerprint density at radius 1 is 0.588 bits per heavy atom. The Morgan fingerprint density at radius 3 is 1.82 bits per heavy atom. The molecule has 6 aromatic rings. The van der Waals surface area contributed by atoms with Gasteiger partial charge in [0.2, 0.25) is 0 Å². The van der Waals surface area contributed by atoms with Gasteiger partial charge in [0, 0.05) is 30.9 Å². The molecular weight excluding hydrogens is 438 g/mol. The van der Waals surface area contributed by atoms with Crippen molar-refractivity contribution in [2.45, 2.75) is 39.5 Å². The first kappa shape index (κ1) is 21.1. The highest BCUT2D eigenvalue weighted by Crippen LogP contribution is 2.40. The molecule has 0 saturated carbocycles. The maximum absolute atomic E-state index is 14.0. The van der Waals surface area contributed by atoms with E-state index in [0.29, 0.717) is 10.8 Å². The van der Waals surface area contributed by atoms with Gasteiger partial charge in [0.15, 0.2) is 0 Å². The fourth-order valence-electron chi connectivity index (χ4n) is 5.33. The second kappa shape index (κ2) is 7.51. The van der Waals surface area contributed by atoms with Crippen LogP contribution in [0.1, 0.15) is 50.7 Å². The van der Waals surface area contributed by atoms with E-state index in [4.69, 9.17) is 0 Å². The summed E-state index contributed by atoms with van der Waals surface area (Å²) in [6.07, 6.45) is 0. The van der Waals surface area contributed by atoms with Crippen LogP contribution in [0.4, 0.5) is 0 Å². The minimum atomic E-state index is -0.236. The minimum Gasteiger partial charge on any atom is -0.268 e. The smallest absolute Gasteiger partial charge is 0.266 e. The first-order chi connectivity index (χ1) is 16.4. The number of fused-ring (bicyclic) bond motifs is 2. The van der Waals surface area contributed by atoms with Crippen LogP contribution < -0.4 is 11.1 Å². The molecule has 3 nitrogen and oxygen atoms in total. The first-order valence-electron chi connectivity index (χ1n) is 11.8. The quantitative estimate of drug-likeness (QED) is 0.201. The van der Waals surface area contributed by atoms with E-state index in [0.717, 1.165) is 43.1 Å². The summed E-state index contributed by atoms with van der Waals surface area (Å²) in [5, 5.41) is 5.24. The largest absolute Gasteiger partial charge is 0.268 e. The molecule has 0 saturated heterocycles. The molecule has 4 heteroatoms. The zero-order valence-electron chi connectivity index (χ0n) is 19.7. The maximum Gasteiger partial charge on any atom is 0.266 e. The molecule has 2 aromatic heterocycles. The highest BCUT2D eigenvalue weighted by atomic mass is 32.1. The van der Waals surface area contributed by atoms with E-state index in [9.17, 15) is 9.59 Å². The number of aromatic nitrogens is 1. The van der Waals surface area contributed by atoms with Crippen LogP contribution in [0.2, 0.25) is 0 Å². The Morgan fingerprint density at radius 2 is 1.18 bits per heavy atom. The van der Waals surface area contributed by atoms with E-state index in [1.807, 2.05) is 54.6 Å². The predicted octanol–water partition coefficient (Wildman–Crippen LogP) is 7.56. The van der Waals surface area contributed by atoms with Gasteiger partial charge in [0.1, 0.15) is 0 Å². The standard InChI is InChI=1S/C30H25NO2S/c1-16(2)18-9-7-10-19(17(3)4)28(18)31-29(32)22-13-12-21-20-8-5-6-11-24(20)34-25-15-14-23(30(31)33)26(22)27(21)25/h5-17H,1-4H3. The molecule has 2 heterocycles. The van der Waals surface area contributed by atoms with E-state index < -0.39 is 0 Å². The second-order valence-electron chi connectivity index (χ2n) is 9.66. The second-order valence-corrected chi connectivity index (χ2v) is 10.7. The zero-order chi connectivity index (χ0) is 23.7.